The van der Waals surface area contributed by atoms with Crippen LogP contribution in [-0.2, 0) is 11.1 Å². The third-order valence-electron chi connectivity index (χ3n) is 1.78. The van der Waals surface area contributed by atoms with E-state index in [0.717, 1.165) is 0 Å². The predicted octanol–water partition coefficient (Wildman–Crippen LogP) is 2.65. The maximum Gasteiger partial charge on any atom is 0.223 e. The number of hydrogen-bond donors (Lipinski definition) is 1. The molecule has 3 nitrogen and oxygen atoms in total. The quantitative estimate of drug-likeness (QED) is 0.674. The average molecular weight is 264 g/mol. The summed E-state index contributed by atoms with van der Waals surface area (Å²) in [4.78, 5) is 0. The van der Waals surface area contributed by atoms with Crippen LogP contribution in [0.3, 0.4) is 0 Å². The van der Waals surface area contributed by atoms with Crippen LogP contribution in [0.4, 0.5) is 0 Å². The number of nitrogens with zero attached hydrogens (tertiary/aromatic N) is 1. The Kier molecular flexibility index (Phi) is 4.12. The highest BCUT2D eigenvalue weighted by molar-refractivity contribution is 7.79. The number of halogens is 2. The van der Waals surface area contributed by atoms with Crippen LogP contribution in [0.25, 0.3) is 0 Å². The van der Waals surface area contributed by atoms with Crippen molar-refractivity contribution < 1.29 is 8.76 Å². The first-order chi connectivity index (χ1) is 6.99. The van der Waals surface area contributed by atoms with Crippen molar-refractivity contribution in [1.29, 1.82) is 5.26 Å². The number of alkyl halides is 2. The Morgan fingerprint density at radius 3 is 2.33 bits per heavy atom. The Hall–Kier alpha value is -0.600. The molecule has 0 aliphatic heterocycles. The van der Waals surface area contributed by atoms with E-state index >= 15 is 0 Å². The molecule has 0 amide bonds. The summed E-state index contributed by atoms with van der Waals surface area (Å²) in [5, 5.41) is 7.57. The molecule has 6 heteroatoms. The Morgan fingerprint density at radius 2 is 1.93 bits per heavy atom. The Balaban J connectivity index is 3.17. The molecule has 1 aromatic rings. The molecule has 0 aromatic heterocycles. The third kappa shape index (κ3) is 2.93. The van der Waals surface area contributed by atoms with Gasteiger partial charge in [-0.2, -0.15) is 5.26 Å². The molecule has 1 N–H and O–H groups in total. The van der Waals surface area contributed by atoms with Crippen molar-refractivity contribution in [1.82, 2.24) is 0 Å². The van der Waals surface area contributed by atoms with Gasteiger partial charge in [0.25, 0.3) is 0 Å². The first kappa shape index (κ1) is 12.5. The molecule has 1 rings (SSSR count). The van der Waals surface area contributed by atoms with E-state index in [9.17, 15) is 4.21 Å². The molecule has 80 valence electrons. The van der Waals surface area contributed by atoms with E-state index in [1.165, 1.54) is 0 Å². The first-order valence-electron chi connectivity index (χ1n) is 3.92. The van der Waals surface area contributed by atoms with Crippen LogP contribution < -0.4 is 0 Å². The topological polar surface area (TPSA) is 61.1 Å². The maximum absolute atomic E-state index is 11.1. The second-order valence-corrected chi connectivity index (χ2v) is 5.21. The van der Waals surface area contributed by atoms with Crippen molar-refractivity contribution in [2.75, 3.05) is 0 Å². The molecule has 1 aromatic carbocycles. The summed E-state index contributed by atoms with van der Waals surface area (Å²) in [6.07, 6.45) is 0. The van der Waals surface area contributed by atoms with Gasteiger partial charge in [0.2, 0.25) is 4.33 Å². The molecule has 15 heavy (non-hydrogen) atoms. The van der Waals surface area contributed by atoms with Gasteiger partial charge >= 0.3 is 0 Å². The zero-order valence-corrected chi connectivity index (χ0v) is 9.76. The fourth-order valence-corrected chi connectivity index (χ4v) is 2.54. The lowest BCUT2D eigenvalue weighted by atomic mass is 10.1. The number of hydrogen-bond acceptors (Lipinski definition) is 2. The Bertz CT molecular complexity index is 402. The summed E-state index contributed by atoms with van der Waals surface area (Å²) < 4.78 is 18.3. The number of rotatable bonds is 3. The standard InChI is InChI=1S/C9H7Cl2NO2S/c10-9(11,6-12)8(15(13)14)7-4-2-1-3-5-7/h1-5,8H,(H,13,14). The molecule has 0 saturated carbocycles. The molecule has 0 spiro atoms. The minimum Gasteiger partial charge on any atom is -0.306 e. The molecule has 0 aliphatic rings. The SMILES string of the molecule is N#CC(Cl)(Cl)C(c1ccccc1)S(=O)O. The van der Waals surface area contributed by atoms with Crippen molar-refractivity contribution in [3.63, 3.8) is 0 Å². The molecule has 0 saturated heterocycles. The van der Waals surface area contributed by atoms with Gasteiger partial charge in [-0.1, -0.05) is 53.5 Å². The number of benzene rings is 1. The number of nitriles is 1. The van der Waals surface area contributed by atoms with Gasteiger partial charge in [0.15, 0.2) is 11.1 Å². The lowest BCUT2D eigenvalue weighted by molar-refractivity contribution is 0.547. The summed E-state index contributed by atoms with van der Waals surface area (Å²) >= 11 is 9.02. The van der Waals surface area contributed by atoms with Gasteiger partial charge in [0.05, 0.1) is 0 Å². The van der Waals surface area contributed by atoms with E-state index < -0.39 is 20.7 Å². The lowest BCUT2D eigenvalue weighted by Crippen LogP contribution is -2.25. The van der Waals surface area contributed by atoms with E-state index in [-0.39, 0.29) is 0 Å². The highest BCUT2D eigenvalue weighted by atomic mass is 35.5. The van der Waals surface area contributed by atoms with Gasteiger partial charge in [0.1, 0.15) is 11.3 Å². The first-order valence-corrected chi connectivity index (χ1v) is 5.85. The van der Waals surface area contributed by atoms with Gasteiger partial charge in [-0.05, 0) is 5.56 Å². The lowest BCUT2D eigenvalue weighted by Gasteiger charge is -2.20. The van der Waals surface area contributed by atoms with Crippen LogP contribution in [0.2, 0.25) is 0 Å². The van der Waals surface area contributed by atoms with Gasteiger partial charge in [0, 0.05) is 0 Å². The van der Waals surface area contributed by atoms with Crippen molar-refractivity contribution in [3.8, 4) is 6.07 Å². The third-order valence-corrected chi connectivity index (χ3v) is 3.68. The minimum absolute atomic E-state index is 0.449. The molecular weight excluding hydrogens is 257 g/mol. The highest BCUT2D eigenvalue weighted by Crippen LogP contribution is 2.39. The van der Waals surface area contributed by atoms with Gasteiger partial charge in [-0.25, -0.2) is 4.21 Å². The maximum atomic E-state index is 11.1. The van der Waals surface area contributed by atoms with Crippen LogP contribution in [0, 0.1) is 11.3 Å². The average Bonchev–Trinajstić information content (AvgIpc) is 2.18. The fourth-order valence-electron chi connectivity index (χ4n) is 1.14. The van der Waals surface area contributed by atoms with Crippen LogP contribution in [-0.4, -0.2) is 13.1 Å². The van der Waals surface area contributed by atoms with E-state index in [2.05, 4.69) is 0 Å². The Labute approximate surface area is 99.9 Å². The molecule has 0 bridgehead atoms. The van der Waals surface area contributed by atoms with Gasteiger partial charge in [-0.15, -0.1) is 0 Å². The summed E-state index contributed by atoms with van der Waals surface area (Å²) in [5.41, 5.74) is 0.449. The fraction of sp³-hybridized carbons (Fsp3) is 0.222. The van der Waals surface area contributed by atoms with Crippen molar-refractivity contribution >= 4 is 34.3 Å². The van der Waals surface area contributed by atoms with Crippen LogP contribution >= 0.6 is 23.2 Å². The van der Waals surface area contributed by atoms with Crippen LogP contribution in [0.5, 0.6) is 0 Å². The highest BCUT2D eigenvalue weighted by Gasteiger charge is 2.40. The zero-order valence-electron chi connectivity index (χ0n) is 7.43. The van der Waals surface area contributed by atoms with Gasteiger partial charge in [-0.3, -0.25) is 0 Å². The molecule has 2 atom stereocenters. The molecule has 0 heterocycles. The predicted molar refractivity (Wildman–Crippen MR) is 60.0 cm³/mol. The van der Waals surface area contributed by atoms with Crippen LogP contribution in [0.1, 0.15) is 10.8 Å². The summed E-state index contributed by atoms with van der Waals surface area (Å²) in [6, 6.07) is 9.89. The zero-order chi connectivity index (χ0) is 11.5. The van der Waals surface area contributed by atoms with Crippen LogP contribution in [0.15, 0.2) is 30.3 Å². The molecule has 0 fully saturated rings. The monoisotopic (exact) mass is 263 g/mol. The van der Waals surface area contributed by atoms with Crippen molar-refractivity contribution in [3.05, 3.63) is 35.9 Å². The van der Waals surface area contributed by atoms with E-state index in [4.69, 9.17) is 33.0 Å². The van der Waals surface area contributed by atoms with Crippen molar-refractivity contribution in [2.45, 2.75) is 9.58 Å². The molecule has 2 unspecified atom stereocenters. The summed E-state index contributed by atoms with van der Waals surface area (Å²) in [7, 11) is 0. The summed E-state index contributed by atoms with van der Waals surface area (Å²) in [6.45, 7) is 0. The second kappa shape index (κ2) is 4.95. The minimum atomic E-state index is -2.31. The normalized spacial score (nSPS) is 15.3. The van der Waals surface area contributed by atoms with Crippen molar-refractivity contribution in [2.24, 2.45) is 0 Å². The van der Waals surface area contributed by atoms with E-state index in [1.807, 2.05) is 0 Å². The summed E-state index contributed by atoms with van der Waals surface area (Å²) in [5.74, 6) is 0. The largest absolute Gasteiger partial charge is 0.306 e. The molecule has 0 radical (unpaired) electrons. The second-order valence-electron chi connectivity index (χ2n) is 2.80. The van der Waals surface area contributed by atoms with Gasteiger partial charge < -0.3 is 4.55 Å². The Morgan fingerprint density at radius 1 is 1.40 bits per heavy atom. The smallest absolute Gasteiger partial charge is 0.223 e. The molecule has 0 aliphatic carbocycles. The van der Waals surface area contributed by atoms with E-state index in [0.29, 0.717) is 5.56 Å². The van der Waals surface area contributed by atoms with E-state index in [1.54, 1.807) is 36.4 Å². The molecular formula is C9H7Cl2NO2S.